The van der Waals surface area contributed by atoms with Gasteiger partial charge in [0.05, 0.1) is 18.4 Å². The van der Waals surface area contributed by atoms with Gasteiger partial charge in [-0.15, -0.1) is 0 Å². The van der Waals surface area contributed by atoms with Gasteiger partial charge in [-0.2, -0.15) is 0 Å². The van der Waals surface area contributed by atoms with Crippen LogP contribution in [-0.4, -0.2) is 35.8 Å². The molecule has 14 heavy (non-hydrogen) atoms. The van der Waals surface area contributed by atoms with Crippen LogP contribution in [0.5, 0.6) is 0 Å². The van der Waals surface area contributed by atoms with Crippen molar-refractivity contribution in [1.29, 1.82) is 0 Å². The van der Waals surface area contributed by atoms with E-state index in [2.05, 4.69) is 0 Å². The second-order valence-electron chi connectivity index (χ2n) is 3.72. The number of nitro groups is 1. The lowest BCUT2D eigenvalue weighted by Gasteiger charge is -2.31. The Morgan fingerprint density at radius 2 is 2.36 bits per heavy atom. The van der Waals surface area contributed by atoms with Crippen LogP contribution in [0.1, 0.15) is 19.3 Å². The van der Waals surface area contributed by atoms with Crippen molar-refractivity contribution >= 4 is 5.97 Å². The molecule has 1 aliphatic heterocycles. The number of hydrogen-bond donors (Lipinski definition) is 1. The lowest BCUT2D eigenvalue weighted by atomic mass is 9.79. The van der Waals surface area contributed by atoms with Crippen molar-refractivity contribution in [1.82, 2.24) is 0 Å². The first kappa shape index (κ1) is 10.9. The van der Waals surface area contributed by atoms with E-state index < -0.39 is 16.3 Å². The summed E-state index contributed by atoms with van der Waals surface area (Å²) in [7, 11) is 0. The van der Waals surface area contributed by atoms with Crippen LogP contribution in [0.3, 0.4) is 0 Å². The Bertz CT molecular complexity index is 216. The van der Waals surface area contributed by atoms with E-state index in [1.54, 1.807) is 0 Å². The Morgan fingerprint density at radius 3 is 2.79 bits per heavy atom. The van der Waals surface area contributed by atoms with Crippen molar-refractivity contribution in [3.05, 3.63) is 10.1 Å². The molecule has 1 unspecified atom stereocenters. The normalized spacial score (nSPS) is 27.1. The molecule has 0 spiro atoms. The Balaban J connectivity index is 2.66. The van der Waals surface area contributed by atoms with Crippen LogP contribution in [0, 0.1) is 15.5 Å². The molecule has 0 aliphatic carbocycles. The fourth-order valence-electron chi connectivity index (χ4n) is 1.82. The zero-order valence-electron chi connectivity index (χ0n) is 7.77. The molecule has 1 heterocycles. The fraction of sp³-hybridized carbons (Fsp3) is 0.875. The van der Waals surface area contributed by atoms with Crippen LogP contribution >= 0.6 is 0 Å². The molecular formula is C8H13NO5. The van der Waals surface area contributed by atoms with Crippen LogP contribution in [0.25, 0.3) is 0 Å². The van der Waals surface area contributed by atoms with E-state index in [-0.39, 0.29) is 19.6 Å². The SMILES string of the molecule is O=C(O)CC1(C[N+](=O)[O-])CCCOC1. The predicted octanol–water partition coefficient (Wildman–Crippen LogP) is 0.535. The molecule has 0 saturated carbocycles. The number of ether oxygens (including phenoxy) is 1. The number of hydrogen-bond acceptors (Lipinski definition) is 4. The third-order valence-electron chi connectivity index (χ3n) is 2.39. The zero-order valence-corrected chi connectivity index (χ0v) is 7.77. The molecule has 0 aromatic heterocycles. The Labute approximate surface area is 81.0 Å². The minimum atomic E-state index is -1.00. The maximum absolute atomic E-state index is 10.6. The molecule has 80 valence electrons. The van der Waals surface area contributed by atoms with Crippen molar-refractivity contribution in [2.75, 3.05) is 19.8 Å². The summed E-state index contributed by atoms with van der Waals surface area (Å²) in [5, 5.41) is 19.1. The summed E-state index contributed by atoms with van der Waals surface area (Å²) in [5.74, 6) is -1.00. The van der Waals surface area contributed by atoms with E-state index in [0.717, 1.165) is 0 Å². The van der Waals surface area contributed by atoms with E-state index in [0.29, 0.717) is 19.4 Å². The molecular weight excluding hydrogens is 190 g/mol. The first-order valence-electron chi connectivity index (χ1n) is 4.45. The number of nitrogens with zero attached hydrogens (tertiary/aromatic N) is 1. The van der Waals surface area contributed by atoms with Gasteiger partial charge < -0.3 is 9.84 Å². The van der Waals surface area contributed by atoms with Gasteiger partial charge in [0.2, 0.25) is 6.54 Å². The average Bonchev–Trinajstić information content (AvgIpc) is 2.01. The van der Waals surface area contributed by atoms with Crippen LogP contribution in [0.15, 0.2) is 0 Å². The van der Waals surface area contributed by atoms with Gasteiger partial charge >= 0.3 is 5.97 Å². The summed E-state index contributed by atoms with van der Waals surface area (Å²) >= 11 is 0. The standard InChI is InChI=1S/C8H13NO5/c10-7(11)4-8(5-9(12)13)2-1-3-14-6-8/h1-6H2,(H,10,11). The molecule has 6 heteroatoms. The maximum atomic E-state index is 10.6. The van der Waals surface area contributed by atoms with Crippen molar-refractivity contribution in [3.8, 4) is 0 Å². The molecule has 1 saturated heterocycles. The topological polar surface area (TPSA) is 89.7 Å². The minimum absolute atomic E-state index is 0.181. The van der Waals surface area contributed by atoms with Gasteiger partial charge in [-0.1, -0.05) is 0 Å². The first-order valence-corrected chi connectivity index (χ1v) is 4.45. The zero-order chi connectivity index (χ0) is 10.6. The predicted molar refractivity (Wildman–Crippen MR) is 46.6 cm³/mol. The summed E-state index contributed by atoms with van der Waals surface area (Å²) < 4.78 is 5.12. The van der Waals surface area contributed by atoms with Gasteiger partial charge in [0.15, 0.2) is 0 Å². The highest BCUT2D eigenvalue weighted by Gasteiger charge is 2.40. The van der Waals surface area contributed by atoms with E-state index in [1.165, 1.54) is 0 Å². The van der Waals surface area contributed by atoms with E-state index >= 15 is 0 Å². The number of carbonyl (C=O) groups is 1. The summed E-state index contributed by atoms with van der Waals surface area (Å²) in [5.41, 5.74) is -0.798. The van der Waals surface area contributed by atoms with Crippen LogP contribution in [0.4, 0.5) is 0 Å². The van der Waals surface area contributed by atoms with Gasteiger partial charge in [-0.3, -0.25) is 14.9 Å². The number of rotatable bonds is 4. The average molecular weight is 203 g/mol. The Kier molecular flexibility index (Phi) is 3.40. The molecule has 1 atom stereocenters. The molecule has 0 bridgehead atoms. The maximum Gasteiger partial charge on any atom is 0.304 e. The van der Waals surface area contributed by atoms with E-state index in [9.17, 15) is 14.9 Å². The highest BCUT2D eigenvalue weighted by molar-refractivity contribution is 5.67. The lowest BCUT2D eigenvalue weighted by molar-refractivity contribution is -0.500. The van der Waals surface area contributed by atoms with Crippen LogP contribution in [0.2, 0.25) is 0 Å². The molecule has 1 rings (SSSR count). The lowest BCUT2D eigenvalue weighted by Crippen LogP contribution is -2.40. The second kappa shape index (κ2) is 4.36. The minimum Gasteiger partial charge on any atom is -0.481 e. The quantitative estimate of drug-likeness (QED) is 0.531. The molecule has 1 aliphatic rings. The third kappa shape index (κ3) is 2.95. The smallest absolute Gasteiger partial charge is 0.304 e. The van der Waals surface area contributed by atoms with Crippen molar-refractivity contribution in [2.24, 2.45) is 5.41 Å². The molecule has 6 nitrogen and oxygen atoms in total. The molecule has 0 aromatic carbocycles. The second-order valence-corrected chi connectivity index (χ2v) is 3.72. The van der Waals surface area contributed by atoms with Crippen LogP contribution < -0.4 is 0 Å². The Morgan fingerprint density at radius 1 is 1.64 bits per heavy atom. The highest BCUT2D eigenvalue weighted by Crippen LogP contribution is 2.32. The summed E-state index contributed by atoms with van der Waals surface area (Å²) in [4.78, 5) is 20.5. The molecule has 0 radical (unpaired) electrons. The third-order valence-corrected chi connectivity index (χ3v) is 2.39. The first-order chi connectivity index (χ1) is 6.54. The largest absolute Gasteiger partial charge is 0.481 e. The van der Waals surface area contributed by atoms with Crippen LogP contribution in [-0.2, 0) is 9.53 Å². The highest BCUT2D eigenvalue weighted by atomic mass is 16.6. The molecule has 1 N–H and O–H groups in total. The van der Waals surface area contributed by atoms with Crippen molar-refractivity contribution < 1.29 is 19.6 Å². The monoisotopic (exact) mass is 203 g/mol. The molecule has 0 aromatic rings. The van der Waals surface area contributed by atoms with E-state index in [1.807, 2.05) is 0 Å². The van der Waals surface area contributed by atoms with Crippen molar-refractivity contribution in [2.45, 2.75) is 19.3 Å². The van der Waals surface area contributed by atoms with Gasteiger partial charge in [0.1, 0.15) is 0 Å². The van der Waals surface area contributed by atoms with Crippen molar-refractivity contribution in [3.63, 3.8) is 0 Å². The van der Waals surface area contributed by atoms with Gasteiger partial charge in [0, 0.05) is 11.5 Å². The number of aliphatic carboxylic acids is 1. The number of carboxylic acids is 1. The van der Waals surface area contributed by atoms with Gasteiger partial charge in [-0.05, 0) is 12.8 Å². The van der Waals surface area contributed by atoms with Gasteiger partial charge in [-0.25, -0.2) is 0 Å². The fourth-order valence-corrected chi connectivity index (χ4v) is 1.82. The summed E-state index contributed by atoms with van der Waals surface area (Å²) in [6.07, 6.45) is 1.06. The summed E-state index contributed by atoms with van der Waals surface area (Å²) in [6.45, 7) is 0.429. The molecule has 0 amide bonds. The van der Waals surface area contributed by atoms with Gasteiger partial charge in [0.25, 0.3) is 0 Å². The molecule has 1 fully saturated rings. The number of carboxylic acid groups (broad SMARTS) is 1. The summed E-state index contributed by atoms with van der Waals surface area (Å²) in [6, 6.07) is 0. The Hall–Kier alpha value is -1.17. The van der Waals surface area contributed by atoms with E-state index in [4.69, 9.17) is 9.84 Å².